The largest absolute Gasteiger partial charge is 0.493 e. The quantitative estimate of drug-likeness (QED) is 0.675. The molecule has 0 unspecified atom stereocenters. The fourth-order valence-electron chi connectivity index (χ4n) is 2.42. The molecule has 0 atom stereocenters. The van der Waals surface area contributed by atoms with Crippen LogP contribution in [0.3, 0.4) is 0 Å². The van der Waals surface area contributed by atoms with E-state index in [1.807, 2.05) is 37.3 Å². The summed E-state index contributed by atoms with van der Waals surface area (Å²) in [7, 11) is 0. The van der Waals surface area contributed by atoms with Crippen molar-refractivity contribution in [3.63, 3.8) is 0 Å². The lowest BCUT2D eigenvalue weighted by atomic mass is 10.2. The number of hydrogen-bond donors (Lipinski definition) is 0. The number of fused-ring (bicyclic) bond motifs is 1. The average Bonchev–Trinajstić information content (AvgIpc) is 2.86. The molecule has 0 spiro atoms. The summed E-state index contributed by atoms with van der Waals surface area (Å²) in [6.45, 7) is 3.44. The standard InChI is InChI=1S/C17H16ClNO/c1-2-20-17-9-5-8-16-14(17)10-11-19(16)12-13-6-3-4-7-15(13)18/h3-11H,2,12H2,1H3. The van der Waals surface area contributed by atoms with E-state index < -0.39 is 0 Å². The highest BCUT2D eigenvalue weighted by atomic mass is 35.5. The molecule has 3 rings (SSSR count). The van der Waals surface area contributed by atoms with Crippen LogP contribution >= 0.6 is 11.6 Å². The van der Waals surface area contributed by atoms with Crippen LogP contribution in [-0.2, 0) is 6.54 Å². The van der Waals surface area contributed by atoms with Gasteiger partial charge in [-0.15, -0.1) is 0 Å². The number of halogens is 1. The molecule has 0 N–H and O–H groups in total. The highest BCUT2D eigenvalue weighted by Crippen LogP contribution is 2.28. The Hall–Kier alpha value is -1.93. The molecule has 0 bridgehead atoms. The van der Waals surface area contributed by atoms with Crippen molar-refractivity contribution in [3.8, 4) is 5.75 Å². The van der Waals surface area contributed by atoms with E-state index in [1.54, 1.807) is 0 Å². The van der Waals surface area contributed by atoms with Crippen molar-refractivity contribution in [3.05, 3.63) is 65.3 Å². The molecule has 0 amide bonds. The molecule has 0 fully saturated rings. The van der Waals surface area contributed by atoms with E-state index in [1.165, 1.54) is 0 Å². The summed E-state index contributed by atoms with van der Waals surface area (Å²) in [5, 5.41) is 1.94. The zero-order chi connectivity index (χ0) is 13.9. The van der Waals surface area contributed by atoms with Crippen molar-refractivity contribution >= 4 is 22.5 Å². The van der Waals surface area contributed by atoms with Gasteiger partial charge in [-0.2, -0.15) is 0 Å². The Bertz CT molecular complexity index is 733. The highest BCUT2D eigenvalue weighted by molar-refractivity contribution is 6.31. The molecule has 1 aromatic heterocycles. The van der Waals surface area contributed by atoms with Gasteiger partial charge >= 0.3 is 0 Å². The Labute approximate surface area is 123 Å². The molecule has 0 aliphatic rings. The number of benzene rings is 2. The van der Waals surface area contributed by atoms with E-state index in [0.717, 1.165) is 33.8 Å². The zero-order valence-corrected chi connectivity index (χ0v) is 12.1. The Balaban J connectivity index is 2.01. The first-order valence-electron chi connectivity index (χ1n) is 6.73. The second-order valence-electron chi connectivity index (χ2n) is 4.66. The second kappa shape index (κ2) is 5.59. The minimum absolute atomic E-state index is 0.675. The molecular formula is C17H16ClNO. The maximum absolute atomic E-state index is 6.24. The average molecular weight is 286 g/mol. The summed E-state index contributed by atoms with van der Waals surface area (Å²) in [6, 6.07) is 16.2. The van der Waals surface area contributed by atoms with Crippen LogP contribution in [0.15, 0.2) is 54.7 Å². The maximum atomic E-state index is 6.24. The van der Waals surface area contributed by atoms with E-state index in [4.69, 9.17) is 16.3 Å². The van der Waals surface area contributed by atoms with E-state index in [2.05, 4.69) is 29.0 Å². The lowest BCUT2D eigenvalue weighted by molar-refractivity contribution is 0.344. The fourth-order valence-corrected chi connectivity index (χ4v) is 2.62. The normalized spacial score (nSPS) is 10.9. The van der Waals surface area contributed by atoms with Crippen molar-refractivity contribution < 1.29 is 4.74 Å². The van der Waals surface area contributed by atoms with Crippen molar-refractivity contribution in [2.75, 3.05) is 6.61 Å². The number of hydrogen-bond acceptors (Lipinski definition) is 1. The van der Waals surface area contributed by atoms with E-state index in [0.29, 0.717) is 6.61 Å². The zero-order valence-electron chi connectivity index (χ0n) is 11.3. The van der Waals surface area contributed by atoms with Crippen LogP contribution in [-0.4, -0.2) is 11.2 Å². The number of rotatable bonds is 4. The monoisotopic (exact) mass is 285 g/mol. The first-order valence-corrected chi connectivity index (χ1v) is 7.11. The molecule has 20 heavy (non-hydrogen) atoms. The summed E-state index contributed by atoms with van der Waals surface area (Å²) in [4.78, 5) is 0. The van der Waals surface area contributed by atoms with Crippen molar-refractivity contribution in [1.82, 2.24) is 4.57 Å². The van der Waals surface area contributed by atoms with E-state index in [9.17, 15) is 0 Å². The molecule has 0 saturated carbocycles. The van der Waals surface area contributed by atoms with E-state index >= 15 is 0 Å². The second-order valence-corrected chi connectivity index (χ2v) is 5.06. The van der Waals surface area contributed by atoms with Gasteiger partial charge in [0.25, 0.3) is 0 Å². The SMILES string of the molecule is CCOc1cccc2c1ccn2Cc1ccccc1Cl. The molecule has 2 nitrogen and oxygen atoms in total. The van der Waals surface area contributed by atoms with Crippen LogP contribution in [0.1, 0.15) is 12.5 Å². The fraction of sp³-hybridized carbons (Fsp3) is 0.176. The lowest BCUT2D eigenvalue weighted by Gasteiger charge is -2.09. The minimum atomic E-state index is 0.675. The van der Waals surface area contributed by atoms with Gasteiger partial charge in [0.2, 0.25) is 0 Å². The van der Waals surface area contributed by atoms with Crippen molar-refractivity contribution in [1.29, 1.82) is 0 Å². The molecule has 0 radical (unpaired) electrons. The molecule has 102 valence electrons. The Morgan fingerprint density at radius 2 is 1.90 bits per heavy atom. The number of aromatic nitrogens is 1. The third-order valence-electron chi connectivity index (χ3n) is 3.37. The first-order chi connectivity index (χ1) is 9.79. The predicted molar refractivity (Wildman–Crippen MR) is 83.7 cm³/mol. The summed E-state index contributed by atoms with van der Waals surface area (Å²) in [6.07, 6.45) is 2.08. The molecular weight excluding hydrogens is 270 g/mol. The smallest absolute Gasteiger partial charge is 0.128 e. The van der Waals surface area contributed by atoms with Crippen LogP contribution in [0.5, 0.6) is 5.75 Å². The summed E-state index contributed by atoms with van der Waals surface area (Å²) < 4.78 is 7.86. The third-order valence-corrected chi connectivity index (χ3v) is 3.74. The molecule has 3 heteroatoms. The first kappa shape index (κ1) is 13.1. The van der Waals surface area contributed by atoms with Gasteiger partial charge in [-0.1, -0.05) is 35.9 Å². The Morgan fingerprint density at radius 1 is 1.05 bits per heavy atom. The van der Waals surface area contributed by atoms with E-state index in [-0.39, 0.29) is 0 Å². The minimum Gasteiger partial charge on any atom is -0.493 e. The maximum Gasteiger partial charge on any atom is 0.128 e. The Morgan fingerprint density at radius 3 is 2.70 bits per heavy atom. The Kier molecular flexibility index (Phi) is 3.66. The number of nitrogens with zero attached hydrogens (tertiary/aromatic N) is 1. The van der Waals surface area contributed by atoms with Gasteiger partial charge in [-0.3, -0.25) is 0 Å². The van der Waals surface area contributed by atoms with Gasteiger partial charge < -0.3 is 9.30 Å². The van der Waals surface area contributed by atoms with Crippen molar-refractivity contribution in [2.24, 2.45) is 0 Å². The van der Waals surface area contributed by atoms with Crippen LogP contribution in [0.25, 0.3) is 10.9 Å². The highest BCUT2D eigenvalue weighted by Gasteiger charge is 2.07. The van der Waals surface area contributed by atoms with Gasteiger partial charge in [0, 0.05) is 23.2 Å². The summed E-state index contributed by atoms with van der Waals surface area (Å²) in [5.41, 5.74) is 2.28. The molecule has 2 aromatic carbocycles. The number of ether oxygens (including phenoxy) is 1. The van der Waals surface area contributed by atoms with Gasteiger partial charge in [0.1, 0.15) is 5.75 Å². The van der Waals surface area contributed by atoms with Crippen molar-refractivity contribution in [2.45, 2.75) is 13.5 Å². The summed E-state index contributed by atoms with van der Waals surface area (Å²) >= 11 is 6.24. The van der Waals surface area contributed by atoms with Crippen LogP contribution in [0.2, 0.25) is 5.02 Å². The van der Waals surface area contributed by atoms with Crippen LogP contribution in [0, 0.1) is 0 Å². The molecule has 0 aliphatic heterocycles. The molecule has 0 aliphatic carbocycles. The third kappa shape index (κ3) is 2.39. The predicted octanol–water partition coefficient (Wildman–Crippen LogP) is 4.74. The molecule has 0 saturated heterocycles. The van der Waals surface area contributed by atoms with Crippen LogP contribution in [0.4, 0.5) is 0 Å². The molecule has 1 heterocycles. The summed E-state index contributed by atoms with van der Waals surface area (Å²) in [5.74, 6) is 0.933. The van der Waals surface area contributed by atoms with Gasteiger partial charge in [0.15, 0.2) is 0 Å². The van der Waals surface area contributed by atoms with Crippen LogP contribution < -0.4 is 4.74 Å². The van der Waals surface area contributed by atoms with Gasteiger partial charge in [-0.05, 0) is 36.8 Å². The molecule has 3 aromatic rings. The topological polar surface area (TPSA) is 14.2 Å². The van der Waals surface area contributed by atoms with Gasteiger partial charge in [0.05, 0.1) is 12.1 Å². The van der Waals surface area contributed by atoms with Gasteiger partial charge in [-0.25, -0.2) is 0 Å². The lowest BCUT2D eigenvalue weighted by Crippen LogP contribution is -1.98.